The number of rotatable bonds is 62. The zero-order valence-electron chi connectivity index (χ0n) is 53.3. The molecule has 0 amide bonds. The number of carbonyl (C=O) groups excluding carboxylic acids is 3. The summed E-state index contributed by atoms with van der Waals surface area (Å²) >= 11 is 0. The fourth-order valence-electron chi connectivity index (χ4n) is 9.63. The van der Waals surface area contributed by atoms with Crippen molar-refractivity contribution in [2.45, 2.75) is 335 Å². The highest BCUT2D eigenvalue weighted by Crippen LogP contribution is 2.17. The number of esters is 3. The van der Waals surface area contributed by atoms with Gasteiger partial charge in [-0.05, 0) is 109 Å². The van der Waals surface area contributed by atoms with Crippen molar-refractivity contribution < 1.29 is 28.6 Å². The first kappa shape index (κ1) is 77.1. The third-order valence-corrected chi connectivity index (χ3v) is 14.8. The monoisotopic (exact) mass is 1120 g/mol. The van der Waals surface area contributed by atoms with Crippen LogP contribution >= 0.6 is 0 Å². The lowest BCUT2D eigenvalue weighted by molar-refractivity contribution is -0.167. The van der Waals surface area contributed by atoms with Crippen molar-refractivity contribution in [1.29, 1.82) is 0 Å². The van der Waals surface area contributed by atoms with Crippen LogP contribution in [0.3, 0.4) is 0 Å². The van der Waals surface area contributed by atoms with Gasteiger partial charge >= 0.3 is 17.9 Å². The molecule has 0 aromatic carbocycles. The predicted molar refractivity (Wildman–Crippen MR) is 353 cm³/mol. The first-order chi connectivity index (χ1) is 40.0. The molecule has 0 aliphatic carbocycles. The second-order valence-corrected chi connectivity index (χ2v) is 22.7. The van der Waals surface area contributed by atoms with Crippen LogP contribution in [0.15, 0.2) is 109 Å². The van der Waals surface area contributed by atoms with E-state index in [9.17, 15) is 14.4 Å². The SMILES string of the molecule is CC/C=C\C/C=C\C/C=C\C/C=C\C/C=C\C/C=C\C/C=C\CCCCCCCC(=O)OCC(COC(=O)CCCCCCC/C=C\C/C=C\CCCCC)OC(=O)CCCCCCCCCCCCCCCCCCCCCCC. The van der Waals surface area contributed by atoms with Gasteiger partial charge in [-0.1, -0.05) is 310 Å². The molecular weight excluding hydrogens is 997 g/mol. The lowest BCUT2D eigenvalue weighted by Crippen LogP contribution is -2.30. The molecule has 0 bridgehead atoms. The molecule has 0 saturated carbocycles. The van der Waals surface area contributed by atoms with Crippen molar-refractivity contribution in [1.82, 2.24) is 0 Å². The van der Waals surface area contributed by atoms with E-state index in [1.807, 2.05) is 0 Å². The van der Waals surface area contributed by atoms with Gasteiger partial charge in [0.15, 0.2) is 6.10 Å². The molecule has 0 radical (unpaired) electrons. The molecule has 0 heterocycles. The van der Waals surface area contributed by atoms with E-state index in [-0.39, 0.29) is 31.1 Å². The van der Waals surface area contributed by atoms with Gasteiger partial charge in [-0.2, -0.15) is 0 Å². The Labute approximate surface area is 501 Å². The van der Waals surface area contributed by atoms with Crippen molar-refractivity contribution in [3.05, 3.63) is 109 Å². The second kappa shape index (κ2) is 68.6. The van der Waals surface area contributed by atoms with E-state index in [0.29, 0.717) is 19.3 Å². The molecule has 0 rings (SSSR count). The van der Waals surface area contributed by atoms with E-state index in [1.165, 1.54) is 141 Å². The van der Waals surface area contributed by atoms with E-state index >= 15 is 0 Å². The van der Waals surface area contributed by atoms with Gasteiger partial charge in [-0.15, -0.1) is 0 Å². The average molecular weight is 1130 g/mol. The van der Waals surface area contributed by atoms with Gasteiger partial charge in [0.2, 0.25) is 0 Å². The summed E-state index contributed by atoms with van der Waals surface area (Å²) in [4.78, 5) is 38.4. The zero-order valence-corrected chi connectivity index (χ0v) is 53.3. The summed E-state index contributed by atoms with van der Waals surface area (Å²) < 4.78 is 17.0. The van der Waals surface area contributed by atoms with Gasteiger partial charge < -0.3 is 14.2 Å². The van der Waals surface area contributed by atoms with Crippen LogP contribution in [0.5, 0.6) is 0 Å². The number of allylic oxidation sites excluding steroid dienone is 18. The summed E-state index contributed by atoms with van der Waals surface area (Å²) in [5, 5.41) is 0. The Morgan fingerprint density at radius 1 is 0.259 bits per heavy atom. The first-order valence-corrected chi connectivity index (χ1v) is 34.4. The largest absolute Gasteiger partial charge is 0.462 e. The summed E-state index contributed by atoms with van der Waals surface area (Å²) in [6, 6.07) is 0. The second-order valence-electron chi connectivity index (χ2n) is 22.7. The Kier molecular flexibility index (Phi) is 65.2. The molecule has 6 nitrogen and oxygen atoms in total. The standard InChI is InChI=1S/C75H128O6/c1-4-7-10-13-16-19-22-25-28-30-32-34-35-36-37-38-39-41-42-44-47-50-53-56-59-62-65-68-74(77)80-71-72(70-79-73(76)67-64-61-58-55-52-49-46-27-24-21-18-15-12-9-6-3)81-75(78)69-66-63-60-57-54-51-48-45-43-40-33-31-29-26-23-20-17-14-11-8-5-2/h7,10,16,18-19,21,25,27-28,32,34,36-37,39,41,44,46-47,72H,4-6,8-9,11-15,17,20,22-24,26,29-31,33,35,38,40,42-43,45,48-71H2,1-3H3/b10-7-,19-16-,21-18-,28-25-,34-32-,37-36-,41-39-,46-27-,47-44-. The number of unbranched alkanes of at least 4 members (excludes halogenated alkanes) is 33. The molecule has 0 spiro atoms. The van der Waals surface area contributed by atoms with Crippen LogP contribution in [0.4, 0.5) is 0 Å². The summed E-state index contributed by atoms with van der Waals surface area (Å²) in [6.45, 7) is 6.51. The molecular formula is C75H128O6. The highest BCUT2D eigenvalue weighted by atomic mass is 16.6. The quantitative estimate of drug-likeness (QED) is 0.0261. The molecule has 6 heteroatoms. The minimum absolute atomic E-state index is 0.0900. The van der Waals surface area contributed by atoms with Crippen LogP contribution in [0.1, 0.15) is 329 Å². The normalized spacial score (nSPS) is 12.8. The zero-order chi connectivity index (χ0) is 58.5. The summed E-state index contributed by atoms with van der Waals surface area (Å²) in [6.07, 6.45) is 93.9. The first-order valence-electron chi connectivity index (χ1n) is 34.4. The maximum Gasteiger partial charge on any atom is 0.306 e. The van der Waals surface area contributed by atoms with Crippen LogP contribution in [0.25, 0.3) is 0 Å². The molecule has 0 N–H and O–H groups in total. The summed E-state index contributed by atoms with van der Waals surface area (Å²) in [5.41, 5.74) is 0. The number of hydrogen-bond acceptors (Lipinski definition) is 6. The van der Waals surface area contributed by atoms with E-state index in [2.05, 4.69) is 130 Å². The fourth-order valence-corrected chi connectivity index (χ4v) is 9.63. The Hall–Kier alpha value is -3.93. The molecule has 0 fully saturated rings. The van der Waals surface area contributed by atoms with Crippen LogP contribution in [-0.2, 0) is 28.6 Å². The number of hydrogen-bond donors (Lipinski definition) is 0. The fraction of sp³-hybridized carbons (Fsp3) is 0.720. The maximum atomic E-state index is 13.0. The minimum atomic E-state index is -0.794. The summed E-state index contributed by atoms with van der Waals surface area (Å²) in [7, 11) is 0. The van der Waals surface area contributed by atoms with Gasteiger partial charge in [0, 0.05) is 19.3 Å². The molecule has 1 atom stereocenters. The van der Waals surface area contributed by atoms with E-state index in [0.717, 1.165) is 148 Å². The maximum absolute atomic E-state index is 13.0. The van der Waals surface area contributed by atoms with Gasteiger partial charge in [0.1, 0.15) is 13.2 Å². The van der Waals surface area contributed by atoms with Crippen molar-refractivity contribution in [2.75, 3.05) is 13.2 Å². The van der Waals surface area contributed by atoms with Crippen LogP contribution in [-0.4, -0.2) is 37.2 Å². The lowest BCUT2D eigenvalue weighted by atomic mass is 10.0. The smallest absolute Gasteiger partial charge is 0.306 e. The van der Waals surface area contributed by atoms with Crippen molar-refractivity contribution in [3.8, 4) is 0 Å². The highest BCUT2D eigenvalue weighted by molar-refractivity contribution is 5.71. The molecule has 81 heavy (non-hydrogen) atoms. The van der Waals surface area contributed by atoms with Gasteiger partial charge in [0.05, 0.1) is 0 Å². The van der Waals surface area contributed by atoms with Crippen LogP contribution < -0.4 is 0 Å². The molecule has 0 aromatic heterocycles. The average Bonchev–Trinajstić information content (AvgIpc) is 3.47. The topological polar surface area (TPSA) is 78.9 Å². The third-order valence-electron chi connectivity index (χ3n) is 14.8. The van der Waals surface area contributed by atoms with Gasteiger partial charge in [-0.25, -0.2) is 0 Å². The third kappa shape index (κ3) is 66.8. The van der Waals surface area contributed by atoms with Gasteiger partial charge in [0.25, 0.3) is 0 Å². The lowest BCUT2D eigenvalue weighted by Gasteiger charge is -2.18. The Morgan fingerprint density at radius 3 is 0.778 bits per heavy atom. The number of ether oxygens (including phenoxy) is 3. The van der Waals surface area contributed by atoms with Crippen LogP contribution in [0.2, 0.25) is 0 Å². The Morgan fingerprint density at radius 2 is 0.481 bits per heavy atom. The minimum Gasteiger partial charge on any atom is -0.462 e. The Bertz CT molecular complexity index is 1620. The van der Waals surface area contributed by atoms with Crippen LogP contribution in [0, 0.1) is 0 Å². The summed E-state index contributed by atoms with van der Waals surface area (Å²) in [5.74, 6) is -0.908. The molecule has 0 aliphatic heterocycles. The predicted octanol–water partition coefficient (Wildman–Crippen LogP) is 23.8. The highest BCUT2D eigenvalue weighted by Gasteiger charge is 2.19. The van der Waals surface area contributed by atoms with Gasteiger partial charge in [-0.3, -0.25) is 14.4 Å². The van der Waals surface area contributed by atoms with E-state index in [4.69, 9.17) is 14.2 Å². The molecule has 464 valence electrons. The molecule has 0 aromatic rings. The van der Waals surface area contributed by atoms with E-state index < -0.39 is 6.10 Å². The molecule has 0 aliphatic rings. The molecule has 0 saturated heterocycles. The van der Waals surface area contributed by atoms with Crippen molar-refractivity contribution >= 4 is 17.9 Å². The van der Waals surface area contributed by atoms with Crippen molar-refractivity contribution in [3.63, 3.8) is 0 Å². The van der Waals surface area contributed by atoms with E-state index in [1.54, 1.807) is 0 Å². The van der Waals surface area contributed by atoms with Crippen molar-refractivity contribution in [2.24, 2.45) is 0 Å². The Balaban J connectivity index is 4.39. The number of carbonyl (C=O) groups is 3. The molecule has 1 unspecified atom stereocenters.